The van der Waals surface area contributed by atoms with Crippen molar-refractivity contribution < 1.29 is 33.7 Å². The maximum absolute atomic E-state index is 13.2. The number of anilines is 1. The lowest BCUT2D eigenvalue weighted by Crippen LogP contribution is -2.54. The summed E-state index contributed by atoms with van der Waals surface area (Å²) in [6.45, 7) is 0.118. The molecule has 0 bridgehead atoms. The Hall–Kier alpha value is -4.70. The van der Waals surface area contributed by atoms with Gasteiger partial charge in [-0.2, -0.15) is 0 Å². The van der Waals surface area contributed by atoms with E-state index in [2.05, 4.69) is 5.32 Å². The number of rotatable bonds is 8. The topological polar surface area (TPSA) is 114 Å². The van der Waals surface area contributed by atoms with E-state index in [1.54, 1.807) is 54.6 Å². The van der Waals surface area contributed by atoms with Gasteiger partial charge in [-0.3, -0.25) is 19.8 Å². The number of hydrogen-bond donors (Lipinski definition) is 2. The lowest BCUT2D eigenvalue weighted by atomic mass is 10.1. The van der Waals surface area contributed by atoms with Gasteiger partial charge in [-0.15, -0.1) is 0 Å². The van der Waals surface area contributed by atoms with Gasteiger partial charge in [0.25, 0.3) is 11.8 Å². The van der Waals surface area contributed by atoms with Crippen LogP contribution >= 0.6 is 12.2 Å². The monoisotopic (exact) mass is 518 g/mol. The number of carbonyl (C=O) groups is 3. The highest BCUT2D eigenvalue weighted by Gasteiger charge is 2.34. The van der Waals surface area contributed by atoms with Gasteiger partial charge in [0.15, 0.2) is 16.6 Å². The second kappa shape index (κ2) is 10.9. The number of ether oxygens (including phenoxy) is 3. The van der Waals surface area contributed by atoms with Crippen molar-refractivity contribution in [1.82, 2.24) is 5.32 Å². The Bertz CT molecular complexity index is 1420. The molecular formula is C27H22N2O7S. The summed E-state index contributed by atoms with van der Waals surface area (Å²) in [5.41, 5.74) is 1.74. The van der Waals surface area contributed by atoms with Crippen LogP contribution in [0.4, 0.5) is 5.69 Å². The molecule has 37 heavy (non-hydrogen) atoms. The number of benzene rings is 3. The van der Waals surface area contributed by atoms with E-state index in [9.17, 15) is 14.4 Å². The smallest absolute Gasteiger partial charge is 0.335 e. The molecule has 1 heterocycles. The van der Waals surface area contributed by atoms with Crippen LogP contribution in [0.2, 0.25) is 0 Å². The van der Waals surface area contributed by atoms with Crippen LogP contribution in [0.25, 0.3) is 6.08 Å². The first kappa shape index (κ1) is 25.4. The number of nitrogens with one attached hydrogen (secondary N) is 1. The quantitative estimate of drug-likeness (QED) is 0.263. The van der Waals surface area contributed by atoms with Gasteiger partial charge in [-0.1, -0.05) is 18.2 Å². The number of methoxy groups -OCH3 is 2. The zero-order valence-electron chi connectivity index (χ0n) is 19.9. The first-order chi connectivity index (χ1) is 17.8. The van der Waals surface area contributed by atoms with Gasteiger partial charge in [0.05, 0.1) is 25.5 Å². The fourth-order valence-electron chi connectivity index (χ4n) is 3.64. The number of hydrogen-bond acceptors (Lipinski definition) is 7. The van der Waals surface area contributed by atoms with Crippen molar-refractivity contribution in [3.63, 3.8) is 0 Å². The van der Waals surface area contributed by atoms with Crippen LogP contribution in [0.3, 0.4) is 0 Å². The number of carbonyl (C=O) groups excluding carboxylic acids is 2. The standard InChI is InChI=1S/C27H22N2O7S/c1-34-20-9-7-19(8-10-20)29-25(31)21(24(30)28-27(29)37)13-16-6-11-22(23(14-16)35-2)36-15-17-4-3-5-18(12-17)26(32)33/h3-14H,15H2,1-2H3,(H,32,33)(H,28,30,37)/b21-13+. The minimum absolute atomic E-state index is 0.0226. The van der Waals surface area contributed by atoms with E-state index in [4.69, 9.17) is 31.5 Å². The van der Waals surface area contributed by atoms with Crippen LogP contribution in [0.5, 0.6) is 17.2 Å². The summed E-state index contributed by atoms with van der Waals surface area (Å²) in [5.74, 6) is -0.818. The predicted octanol–water partition coefficient (Wildman–Crippen LogP) is 3.81. The molecule has 0 spiro atoms. The Morgan fingerprint density at radius 2 is 1.76 bits per heavy atom. The molecule has 1 aliphatic rings. The highest BCUT2D eigenvalue weighted by Crippen LogP contribution is 2.31. The first-order valence-electron chi connectivity index (χ1n) is 11.0. The van der Waals surface area contributed by atoms with Gasteiger partial charge < -0.3 is 19.3 Å². The molecule has 3 aromatic rings. The summed E-state index contributed by atoms with van der Waals surface area (Å²) in [4.78, 5) is 38.3. The average molecular weight is 519 g/mol. The van der Waals surface area contributed by atoms with Crippen molar-refractivity contribution in [3.05, 3.63) is 89.0 Å². The predicted molar refractivity (Wildman–Crippen MR) is 140 cm³/mol. The molecule has 0 aromatic heterocycles. The fraction of sp³-hybridized carbons (Fsp3) is 0.111. The number of carboxylic acid groups (broad SMARTS) is 1. The van der Waals surface area contributed by atoms with Crippen LogP contribution in [0.15, 0.2) is 72.3 Å². The van der Waals surface area contributed by atoms with Gasteiger partial charge in [0.2, 0.25) is 0 Å². The highest BCUT2D eigenvalue weighted by atomic mass is 32.1. The second-order valence-electron chi connectivity index (χ2n) is 7.86. The third kappa shape index (κ3) is 5.60. The molecule has 188 valence electrons. The highest BCUT2D eigenvalue weighted by molar-refractivity contribution is 7.80. The molecule has 2 amide bonds. The minimum atomic E-state index is -1.02. The average Bonchev–Trinajstić information content (AvgIpc) is 2.90. The fourth-order valence-corrected chi connectivity index (χ4v) is 3.92. The minimum Gasteiger partial charge on any atom is -0.497 e. The maximum Gasteiger partial charge on any atom is 0.335 e. The number of amides is 2. The van der Waals surface area contributed by atoms with Gasteiger partial charge in [-0.25, -0.2) is 4.79 Å². The maximum atomic E-state index is 13.2. The van der Waals surface area contributed by atoms with Crippen LogP contribution in [0.1, 0.15) is 21.5 Å². The van der Waals surface area contributed by atoms with Gasteiger partial charge in [0, 0.05) is 0 Å². The van der Waals surface area contributed by atoms with E-state index in [-0.39, 0.29) is 22.9 Å². The Morgan fingerprint density at radius 1 is 1.00 bits per heavy atom. The Morgan fingerprint density at radius 3 is 2.43 bits per heavy atom. The van der Waals surface area contributed by atoms with Crippen molar-refractivity contribution in [1.29, 1.82) is 0 Å². The molecule has 10 heteroatoms. The molecule has 0 aliphatic carbocycles. The summed E-state index contributed by atoms with van der Waals surface area (Å²) < 4.78 is 16.4. The van der Waals surface area contributed by atoms with E-state index >= 15 is 0 Å². The summed E-state index contributed by atoms with van der Waals surface area (Å²) in [7, 11) is 3.00. The SMILES string of the molecule is COc1ccc(N2C(=O)/C(=C/c3ccc(OCc4cccc(C(=O)O)c4)c(OC)c3)C(=O)NC2=S)cc1. The summed E-state index contributed by atoms with van der Waals surface area (Å²) >= 11 is 5.24. The molecular weight excluding hydrogens is 496 g/mol. The molecule has 0 unspecified atom stereocenters. The van der Waals surface area contributed by atoms with E-state index in [0.29, 0.717) is 34.1 Å². The van der Waals surface area contributed by atoms with Crippen molar-refractivity contribution in [2.45, 2.75) is 6.61 Å². The second-order valence-corrected chi connectivity index (χ2v) is 8.25. The number of nitrogens with zero attached hydrogens (tertiary/aromatic N) is 1. The molecule has 9 nitrogen and oxygen atoms in total. The lowest BCUT2D eigenvalue weighted by Gasteiger charge is -2.29. The third-order valence-corrected chi connectivity index (χ3v) is 5.78. The van der Waals surface area contributed by atoms with Crippen molar-refractivity contribution in [3.8, 4) is 17.2 Å². The van der Waals surface area contributed by atoms with Gasteiger partial charge >= 0.3 is 5.97 Å². The van der Waals surface area contributed by atoms with E-state index in [0.717, 1.165) is 0 Å². The number of aromatic carboxylic acids is 1. The molecule has 1 aliphatic heterocycles. The van der Waals surface area contributed by atoms with Crippen LogP contribution in [-0.4, -0.2) is 42.2 Å². The van der Waals surface area contributed by atoms with Crippen LogP contribution < -0.4 is 24.4 Å². The first-order valence-corrected chi connectivity index (χ1v) is 11.4. The molecule has 2 N–H and O–H groups in total. The molecule has 3 aromatic carbocycles. The van der Waals surface area contributed by atoms with Gasteiger partial charge in [0.1, 0.15) is 17.9 Å². The Balaban J connectivity index is 1.57. The van der Waals surface area contributed by atoms with Crippen molar-refractivity contribution >= 4 is 46.9 Å². The summed E-state index contributed by atoms with van der Waals surface area (Å²) in [5, 5.41) is 11.7. The molecule has 4 rings (SSSR count). The lowest BCUT2D eigenvalue weighted by molar-refractivity contribution is -0.122. The van der Waals surface area contributed by atoms with Crippen molar-refractivity contribution in [2.24, 2.45) is 0 Å². The molecule has 1 fully saturated rings. The number of carboxylic acids is 1. The summed E-state index contributed by atoms with van der Waals surface area (Å²) in [6, 6.07) is 18.1. The molecule has 0 saturated carbocycles. The Labute approximate surface area is 217 Å². The third-order valence-electron chi connectivity index (χ3n) is 5.50. The van der Waals surface area contributed by atoms with E-state index in [1.807, 2.05) is 0 Å². The normalized spacial score (nSPS) is 14.4. The molecule has 1 saturated heterocycles. The number of thiocarbonyl (C=S) groups is 1. The van der Waals surface area contributed by atoms with E-state index < -0.39 is 17.8 Å². The summed E-state index contributed by atoms with van der Waals surface area (Å²) in [6.07, 6.45) is 1.44. The Kier molecular flexibility index (Phi) is 7.49. The van der Waals surface area contributed by atoms with Crippen molar-refractivity contribution in [2.75, 3.05) is 19.1 Å². The van der Waals surface area contributed by atoms with Gasteiger partial charge in [-0.05, 0) is 78.0 Å². The molecule has 0 radical (unpaired) electrons. The van der Waals surface area contributed by atoms with Crippen LogP contribution in [-0.2, 0) is 16.2 Å². The molecule has 0 atom stereocenters. The van der Waals surface area contributed by atoms with E-state index in [1.165, 1.54) is 37.3 Å². The van der Waals surface area contributed by atoms with Crippen LogP contribution in [0, 0.1) is 0 Å². The largest absolute Gasteiger partial charge is 0.497 e. The zero-order valence-corrected chi connectivity index (χ0v) is 20.7. The zero-order chi connectivity index (χ0) is 26.5.